The molecule has 1 aliphatic rings. The van der Waals surface area contributed by atoms with E-state index < -0.39 is 5.97 Å². The van der Waals surface area contributed by atoms with Gasteiger partial charge in [-0.3, -0.25) is 4.79 Å². The topological polar surface area (TPSA) is 98.7 Å². The van der Waals surface area contributed by atoms with Crippen molar-refractivity contribution in [3.05, 3.63) is 23.5 Å². The molecule has 1 N–H and O–H groups in total. The van der Waals surface area contributed by atoms with E-state index >= 15 is 0 Å². The van der Waals surface area contributed by atoms with E-state index in [1.807, 2.05) is 0 Å². The van der Waals surface area contributed by atoms with Crippen LogP contribution in [0, 0.1) is 0 Å². The number of carboxylic acids is 1. The molecule has 0 atom stereocenters. The zero-order valence-electron chi connectivity index (χ0n) is 10.4. The summed E-state index contributed by atoms with van der Waals surface area (Å²) in [5, 5.41) is 24.8. The second kappa shape index (κ2) is 4.79. The molecule has 0 amide bonds. The average Bonchev–Trinajstić information content (AvgIpc) is 2.97. The smallest absolute Gasteiger partial charge is 0.309 e. The molecule has 8 heteroatoms. The second-order valence-corrected chi connectivity index (χ2v) is 4.62. The van der Waals surface area contributed by atoms with Crippen molar-refractivity contribution in [2.24, 2.45) is 0 Å². The van der Waals surface area contributed by atoms with Gasteiger partial charge < -0.3 is 9.67 Å². The monoisotopic (exact) mass is 262 g/mol. The Morgan fingerprint density at radius 3 is 3.05 bits per heavy atom. The normalized spacial score (nSPS) is 14.3. The molecule has 3 heterocycles. The molecule has 0 aromatic carbocycles. The van der Waals surface area contributed by atoms with Crippen molar-refractivity contribution in [1.29, 1.82) is 0 Å². The molecule has 3 rings (SSSR count). The summed E-state index contributed by atoms with van der Waals surface area (Å²) in [5.74, 6) is 0.959. The minimum Gasteiger partial charge on any atom is -0.481 e. The van der Waals surface area contributed by atoms with Crippen molar-refractivity contribution in [1.82, 2.24) is 29.8 Å². The van der Waals surface area contributed by atoms with Gasteiger partial charge in [0.1, 0.15) is 12.4 Å². The van der Waals surface area contributed by atoms with E-state index in [2.05, 4.69) is 25.1 Å². The van der Waals surface area contributed by atoms with Gasteiger partial charge in [0.05, 0.1) is 12.1 Å². The van der Waals surface area contributed by atoms with Gasteiger partial charge >= 0.3 is 5.97 Å². The SMILES string of the molecule is O=C(O)Cc1cn(Cc2nnc3n2CCCC3)nn1. The molecule has 0 unspecified atom stereocenters. The van der Waals surface area contributed by atoms with E-state index in [1.54, 1.807) is 10.9 Å². The summed E-state index contributed by atoms with van der Waals surface area (Å²) in [5.41, 5.74) is 0.450. The number of rotatable bonds is 4. The summed E-state index contributed by atoms with van der Waals surface area (Å²) in [6.45, 7) is 1.41. The highest BCUT2D eigenvalue weighted by molar-refractivity contribution is 5.69. The highest BCUT2D eigenvalue weighted by Crippen LogP contribution is 2.14. The Hall–Kier alpha value is -2.25. The van der Waals surface area contributed by atoms with E-state index in [4.69, 9.17) is 5.11 Å². The van der Waals surface area contributed by atoms with Crippen molar-refractivity contribution in [2.45, 2.75) is 38.8 Å². The van der Waals surface area contributed by atoms with Gasteiger partial charge in [0, 0.05) is 19.2 Å². The summed E-state index contributed by atoms with van der Waals surface area (Å²) in [7, 11) is 0. The lowest BCUT2D eigenvalue weighted by atomic mass is 10.2. The van der Waals surface area contributed by atoms with Crippen LogP contribution in [0.2, 0.25) is 0 Å². The molecule has 2 aromatic rings. The van der Waals surface area contributed by atoms with Crippen molar-refractivity contribution in [3.63, 3.8) is 0 Å². The lowest BCUT2D eigenvalue weighted by molar-refractivity contribution is -0.136. The third-order valence-electron chi connectivity index (χ3n) is 3.16. The number of nitrogens with zero attached hydrogens (tertiary/aromatic N) is 6. The first-order chi connectivity index (χ1) is 9.22. The molecule has 8 nitrogen and oxygen atoms in total. The first kappa shape index (κ1) is 11.8. The quantitative estimate of drug-likeness (QED) is 0.824. The van der Waals surface area contributed by atoms with Crippen LogP contribution >= 0.6 is 0 Å². The van der Waals surface area contributed by atoms with Crippen LogP contribution in [0.4, 0.5) is 0 Å². The fourth-order valence-electron chi connectivity index (χ4n) is 2.28. The standard InChI is InChI=1S/C11H14N6O2/c18-11(19)5-8-6-16(15-12-8)7-10-14-13-9-3-1-2-4-17(9)10/h6H,1-5,7H2,(H,18,19). The molecule has 0 saturated carbocycles. The van der Waals surface area contributed by atoms with Crippen molar-refractivity contribution < 1.29 is 9.90 Å². The molecule has 100 valence electrons. The highest BCUT2D eigenvalue weighted by atomic mass is 16.4. The number of carbonyl (C=O) groups is 1. The van der Waals surface area contributed by atoms with E-state index in [0.717, 1.165) is 37.5 Å². The molecule has 0 spiro atoms. The number of aryl methyl sites for hydroxylation is 1. The molecular formula is C11H14N6O2. The number of hydrogen-bond acceptors (Lipinski definition) is 5. The van der Waals surface area contributed by atoms with Crippen molar-refractivity contribution >= 4 is 5.97 Å². The Bertz CT molecular complexity index is 602. The first-order valence-electron chi connectivity index (χ1n) is 6.24. The maximum Gasteiger partial charge on any atom is 0.309 e. The van der Waals surface area contributed by atoms with E-state index in [1.165, 1.54) is 0 Å². The predicted octanol–water partition coefficient (Wildman–Crippen LogP) is -0.119. The Morgan fingerprint density at radius 2 is 2.21 bits per heavy atom. The van der Waals surface area contributed by atoms with E-state index in [9.17, 15) is 4.79 Å². The zero-order chi connectivity index (χ0) is 13.2. The summed E-state index contributed by atoms with van der Waals surface area (Å²) < 4.78 is 3.71. The van der Waals surface area contributed by atoms with Gasteiger partial charge in [-0.1, -0.05) is 5.21 Å². The van der Waals surface area contributed by atoms with E-state index in [0.29, 0.717) is 12.2 Å². The molecule has 2 aromatic heterocycles. The Labute approximate surface area is 109 Å². The highest BCUT2D eigenvalue weighted by Gasteiger charge is 2.16. The summed E-state index contributed by atoms with van der Waals surface area (Å²) in [6, 6.07) is 0. The van der Waals surface area contributed by atoms with Gasteiger partial charge in [-0.15, -0.1) is 15.3 Å². The molecule has 19 heavy (non-hydrogen) atoms. The molecule has 0 fully saturated rings. The minimum atomic E-state index is -0.910. The molecule has 0 saturated heterocycles. The van der Waals surface area contributed by atoms with Crippen LogP contribution in [0.3, 0.4) is 0 Å². The van der Waals surface area contributed by atoms with Crippen LogP contribution in [0.15, 0.2) is 6.20 Å². The minimum absolute atomic E-state index is 0.113. The maximum atomic E-state index is 10.6. The van der Waals surface area contributed by atoms with Gasteiger partial charge in [0.2, 0.25) is 0 Å². The summed E-state index contributed by atoms with van der Waals surface area (Å²) in [6.07, 6.45) is 4.79. The zero-order valence-corrected chi connectivity index (χ0v) is 10.4. The largest absolute Gasteiger partial charge is 0.481 e. The van der Waals surface area contributed by atoms with Crippen molar-refractivity contribution in [2.75, 3.05) is 0 Å². The van der Waals surface area contributed by atoms with Crippen LogP contribution in [0.25, 0.3) is 0 Å². The summed E-state index contributed by atoms with van der Waals surface area (Å²) >= 11 is 0. The molecule has 0 bridgehead atoms. The predicted molar refractivity (Wildman–Crippen MR) is 63.4 cm³/mol. The van der Waals surface area contributed by atoms with Crippen LogP contribution in [0.1, 0.15) is 30.2 Å². The van der Waals surface area contributed by atoms with Crippen LogP contribution in [0.5, 0.6) is 0 Å². The van der Waals surface area contributed by atoms with Crippen molar-refractivity contribution in [3.8, 4) is 0 Å². The molecule has 0 radical (unpaired) electrons. The van der Waals surface area contributed by atoms with Gasteiger partial charge in [-0.2, -0.15) is 0 Å². The first-order valence-corrected chi connectivity index (χ1v) is 6.24. The van der Waals surface area contributed by atoms with E-state index in [-0.39, 0.29) is 6.42 Å². The maximum absolute atomic E-state index is 10.6. The lowest BCUT2D eigenvalue weighted by Crippen LogP contribution is -2.15. The number of carboxylic acid groups (broad SMARTS) is 1. The average molecular weight is 262 g/mol. The number of fused-ring (bicyclic) bond motifs is 1. The lowest BCUT2D eigenvalue weighted by Gasteiger charge is -2.14. The fourth-order valence-corrected chi connectivity index (χ4v) is 2.28. The third kappa shape index (κ3) is 2.47. The fraction of sp³-hybridized carbons (Fsp3) is 0.545. The Kier molecular flexibility index (Phi) is 2.98. The second-order valence-electron chi connectivity index (χ2n) is 4.62. The van der Waals surface area contributed by atoms with Crippen LogP contribution in [-0.2, 0) is 30.7 Å². The number of aromatic nitrogens is 6. The van der Waals surface area contributed by atoms with Crippen LogP contribution < -0.4 is 0 Å². The third-order valence-corrected chi connectivity index (χ3v) is 3.16. The molecular weight excluding hydrogens is 248 g/mol. The summed E-state index contributed by atoms with van der Waals surface area (Å²) in [4.78, 5) is 10.6. The molecule has 1 aliphatic heterocycles. The van der Waals surface area contributed by atoms with Gasteiger partial charge in [-0.25, -0.2) is 4.68 Å². The number of hydrogen-bond donors (Lipinski definition) is 1. The molecule has 0 aliphatic carbocycles. The van der Waals surface area contributed by atoms with Gasteiger partial charge in [0.15, 0.2) is 5.82 Å². The van der Waals surface area contributed by atoms with Gasteiger partial charge in [-0.05, 0) is 12.8 Å². The number of aliphatic carboxylic acids is 1. The Morgan fingerprint density at radius 1 is 1.32 bits per heavy atom. The van der Waals surface area contributed by atoms with Crippen LogP contribution in [-0.4, -0.2) is 40.8 Å². The van der Waals surface area contributed by atoms with Gasteiger partial charge in [0.25, 0.3) is 0 Å². The Balaban J connectivity index is 1.76.